The monoisotopic (exact) mass is 452 g/mol. The van der Waals surface area contributed by atoms with Crippen LogP contribution in [0.2, 0.25) is 0 Å². The summed E-state index contributed by atoms with van der Waals surface area (Å²) in [6, 6.07) is 26.2. The number of nitriles is 1. The van der Waals surface area contributed by atoms with E-state index in [1.165, 1.54) is 7.11 Å². The van der Waals surface area contributed by atoms with Gasteiger partial charge in [0.1, 0.15) is 0 Å². The number of rotatable bonds is 8. The molecule has 0 fully saturated rings. The summed E-state index contributed by atoms with van der Waals surface area (Å²) >= 11 is 0. The third-order valence-electron chi connectivity index (χ3n) is 5.50. The molecule has 0 unspecified atom stereocenters. The van der Waals surface area contributed by atoms with E-state index in [0.717, 1.165) is 28.0 Å². The van der Waals surface area contributed by atoms with Crippen LogP contribution in [0, 0.1) is 11.3 Å². The Bertz CT molecular complexity index is 1340. The quantitative estimate of drug-likeness (QED) is 0.372. The normalized spacial score (nSPS) is 10.5. The Morgan fingerprint density at radius 2 is 1.79 bits per heavy atom. The van der Waals surface area contributed by atoms with Crippen LogP contribution in [0.4, 0.5) is 11.4 Å². The predicted octanol–water partition coefficient (Wildman–Crippen LogP) is 4.86. The molecule has 4 aromatic rings. The summed E-state index contributed by atoms with van der Waals surface area (Å²) in [4.78, 5) is 30.0. The number of methoxy groups -OCH3 is 1. The Labute approximate surface area is 197 Å². The molecule has 7 heteroatoms. The van der Waals surface area contributed by atoms with Gasteiger partial charge in [0, 0.05) is 40.1 Å². The van der Waals surface area contributed by atoms with E-state index in [4.69, 9.17) is 10.00 Å². The van der Waals surface area contributed by atoms with E-state index in [0.29, 0.717) is 17.7 Å². The summed E-state index contributed by atoms with van der Waals surface area (Å²) in [6.45, 7) is 0.791. The Morgan fingerprint density at radius 3 is 2.50 bits per heavy atom. The number of hydrogen-bond donors (Lipinski definition) is 2. The van der Waals surface area contributed by atoms with Crippen molar-refractivity contribution >= 4 is 34.2 Å². The fraction of sp³-hybridized carbons (Fsp3) is 0.148. The molecule has 1 aromatic heterocycles. The molecule has 0 aliphatic heterocycles. The average molecular weight is 453 g/mol. The van der Waals surface area contributed by atoms with Gasteiger partial charge in [-0.05, 0) is 60.7 Å². The maximum absolute atomic E-state index is 13.4. The molecular formula is C27H24N4O3. The lowest BCUT2D eigenvalue weighted by Crippen LogP contribution is -2.33. The highest BCUT2D eigenvalue weighted by Crippen LogP contribution is 2.22. The van der Waals surface area contributed by atoms with Crippen LogP contribution in [-0.4, -0.2) is 30.5 Å². The number of para-hydroxylation sites is 1. The number of anilines is 2. The number of esters is 1. The van der Waals surface area contributed by atoms with Crippen molar-refractivity contribution in [2.24, 2.45) is 0 Å². The smallest absolute Gasteiger partial charge is 0.307 e. The first kappa shape index (κ1) is 22.6. The van der Waals surface area contributed by atoms with Crippen molar-refractivity contribution in [3.8, 4) is 6.07 Å². The standard InChI is InChI=1S/C27H24N4O3/c1-34-26(32)13-14-31(24-5-3-2-4-6-24)27(33)20-9-12-25-21(15-20)16-23(30-25)18-29-22-10-7-19(17-28)8-11-22/h2-12,15-16,29-30H,13-14,18H2,1H3. The van der Waals surface area contributed by atoms with Gasteiger partial charge in [-0.15, -0.1) is 0 Å². The molecule has 2 N–H and O–H groups in total. The maximum atomic E-state index is 13.4. The van der Waals surface area contributed by atoms with E-state index in [1.807, 2.05) is 60.7 Å². The summed E-state index contributed by atoms with van der Waals surface area (Å²) < 4.78 is 4.75. The third-order valence-corrected chi connectivity index (χ3v) is 5.50. The highest BCUT2D eigenvalue weighted by molar-refractivity contribution is 6.08. The van der Waals surface area contributed by atoms with Crippen molar-refractivity contribution in [1.29, 1.82) is 5.26 Å². The van der Waals surface area contributed by atoms with Gasteiger partial charge in [-0.25, -0.2) is 0 Å². The van der Waals surface area contributed by atoms with E-state index < -0.39 is 0 Å². The summed E-state index contributed by atoms with van der Waals surface area (Å²) in [7, 11) is 1.34. The zero-order valence-corrected chi connectivity index (χ0v) is 18.7. The van der Waals surface area contributed by atoms with Gasteiger partial charge >= 0.3 is 5.97 Å². The number of H-pyrrole nitrogens is 1. The van der Waals surface area contributed by atoms with Gasteiger partial charge in [-0.3, -0.25) is 9.59 Å². The summed E-state index contributed by atoms with van der Waals surface area (Å²) in [6.07, 6.45) is 0.106. The van der Waals surface area contributed by atoms with Crippen molar-refractivity contribution in [2.45, 2.75) is 13.0 Å². The lowest BCUT2D eigenvalue weighted by Gasteiger charge is -2.22. The number of ether oxygens (including phenoxy) is 1. The number of fused-ring (bicyclic) bond motifs is 1. The Balaban J connectivity index is 1.52. The van der Waals surface area contributed by atoms with E-state index in [2.05, 4.69) is 16.4 Å². The molecule has 0 aliphatic rings. The second kappa shape index (κ2) is 10.4. The largest absolute Gasteiger partial charge is 0.469 e. The van der Waals surface area contributed by atoms with E-state index in [9.17, 15) is 9.59 Å². The van der Waals surface area contributed by atoms with Crippen LogP contribution in [0.15, 0.2) is 78.9 Å². The number of carbonyl (C=O) groups excluding carboxylic acids is 2. The maximum Gasteiger partial charge on any atom is 0.307 e. The predicted molar refractivity (Wildman–Crippen MR) is 132 cm³/mol. The molecule has 1 heterocycles. The molecule has 0 saturated heterocycles. The molecule has 0 spiro atoms. The van der Waals surface area contributed by atoms with Gasteiger partial charge < -0.3 is 19.9 Å². The number of nitrogens with zero attached hydrogens (tertiary/aromatic N) is 2. The summed E-state index contributed by atoms with van der Waals surface area (Å²) in [5.74, 6) is -0.551. The molecule has 34 heavy (non-hydrogen) atoms. The molecule has 1 amide bonds. The van der Waals surface area contributed by atoms with Crippen LogP contribution in [-0.2, 0) is 16.1 Å². The van der Waals surface area contributed by atoms with Gasteiger partial charge in [0.25, 0.3) is 5.91 Å². The zero-order valence-electron chi connectivity index (χ0n) is 18.7. The van der Waals surface area contributed by atoms with Gasteiger partial charge in [-0.2, -0.15) is 5.26 Å². The number of amides is 1. The van der Waals surface area contributed by atoms with Crippen LogP contribution >= 0.6 is 0 Å². The molecule has 0 saturated carbocycles. The fourth-order valence-corrected chi connectivity index (χ4v) is 3.70. The average Bonchev–Trinajstić information content (AvgIpc) is 3.30. The van der Waals surface area contributed by atoms with Gasteiger partial charge in [0.2, 0.25) is 0 Å². The highest BCUT2D eigenvalue weighted by Gasteiger charge is 2.19. The Kier molecular flexibility index (Phi) is 6.89. The SMILES string of the molecule is COC(=O)CCN(C(=O)c1ccc2[nH]c(CNc3ccc(C#N)cc3)cc2c1)c1ccccc1. The third kappa shape index (κ3) is 5.25. The van der Waals surface area contributed by atoms with Crippen LogP contribution in [0.3, 0.4) is 0 Å². The molecule has 0 atom stereocenters. The number of aromatic amines is 1. The minimum Gasteiger partial charge on any atom is -0.469 e. The fourth-order valence-electron chi connectivity index (χ4n) is 3.70. The van der Waals surface area contributed by atoms with Crippen molar-refractivity contribution in [2.75, 3.05) is 23.9 Å². The first-order chi connectivity index (χ1) is 16.6. The van der Waals surface area contributed by atoms with E-state index >= 15 is 0 Å². The lowest BCUT2D eigenvalue weighted by molar-refractivity contribution is -0.140. The molecule has 7 nitrogen and oxygen atoms in total. The number of hydrogen-bond acceptors (Lipinski definition) is 5. The second-order valence-electron chi connectivity index (χ2n) is 7.76. The molecule has 0 radical (unpaired) electrons. The Hall–Kier alpha value is -4.57. The van der Waals surface area contributed by atoms with Gasteiger partial charge in [0.15, 0.2) is 0 Å². The molecule has 0 aliphatic carbocycles. The number of carbonyl (C=O) groups is 2. The molecule has 170 valence electrons. The zero-order chi connectivity index (χ0) is 23.9. The van der Waals surface area contributed by atoms with Crippen molar-refractivity contribution in [1.82, 2.24) is 4.98 Å². The van der Waals surface area contributed by atoms with E-state index in [1.54, 1.807) is 23.1 Å². The molecular weight excluding hydrogens is 428 g/mol. The Morgan fingerprint density at radius 1 is 1.03 bits per heavy atom. The van der Waals surface area contributed by atoms with Gasteiger partial charge in [-0.1, -0.05) is 18.2 Å². The number of benzene rings is 3. The second-order valence-corrected chi connectivity index (χ2v) is 7.76. The van der Waals surface area contributed by atoms with Crippen LogP contribution in [0.1, 0.15) is 28.0 Å². The molecule has 4 rings (SSSR count). The number of aromatic nitrogens is 1. The minimum atomic E-state index is -0.366. The minimum absolute atomic E-state index is 0.106. The van der Waals surface area contributed by atoms with Crippen LogP contribution in [0.25, 0.3) is 10.9 Å². The van der Waals surface area contributed by atoms with Crippen LogP contribution in [0.5, 0.6) is 0 Å². The van der Waals surface area contributed by atoms with Crippen molar-refractivity contribution < 1.29 is 14.3 Å². The first-order valence-corrected chi connectivity index (χ1v) is 10.9. The van der Waals surface area contributed by atoms with Gasteiger partial charge in [0.05, 0.1) is 31.7 Å². The van der Waals surface area contributed by atoms with Crippen molar-refractivity contribution in [3.05, 3.63) is 95.7 Å². The van der Waals surface area contributed by atoms with Crippen LogP contribution < -0.4 is 10.2 Å². The summed E-state index contributed by atoms with van der Waals surface area (Å²) in [5.41, 5.74) is 4.68. The number of nitrogens with one attached hydrogen (secondary N) is 2. The topological polar surface area (TPSA) is 98.2 Å². The van der Waals surface area contributed by atoms with Crippen molar-refractivity contribution in [3.63, 3.8) is 0 Å². The first-order valence-electron chi connectivity index (χ1n) is 10.9. The highest BCUT2D eigenvalue weighted by atomic mass is 16.5. The summed E-state index contributed by atoms with van der Waals surface area (Å²) in [5, 5.41) is 13.2. The molecule has 3 aromatic carbocycles. The lowest BCUT2D eigenvalue weighted by atomic mass is 10.1. The van der Waals surface area contributed by atoms with E-state index in [-0.39, 0.29) is 24.8 Å². The molecule has 0 bridgehead atoms.